The first-order chi connectivity index (χ1) is 10.8. The fraction of sp³-hybridized carbons (Fsp3) is 0.0667. The van der Waals surface area contributed by atoms with Gasteiger partial charge in [0.25, 0.3) is 0 Å². The second-order valence-corrected chi connectivity index (χ2v) is 5.80. The number of fused-ring (bicyclic) bond motifs is 1. The molecule has 1 heterocycles. The van der Waals surface area contributed by atoms with E-state index in [9.17, 15) is 18.0 Å². The fourth-order valence-corrected chi connectivity index (χ4v) is 2.92. The van der Waals surface area contributed by atoms with Crippen LogP contribution in [-0.4, -0.2) is 10.9 Å². The predicted molar refractivity (Wildman–Crippen MR) is 82.9 cm³/mol. The first kappa shape index (κ1) is 15.3. The molecule has 0 bridgehead atoms. The van der Waals surface area contributed by atoms with E-state index in [2.05, 4.69) is 10.3 Å². The Hall–Kier alpha value is -2.61. The summed E-state index contributed by atoms with van der Waals surface area (Å²) in [6.07, 6.45) is -4.36. The molecule has 0 aliphatic rings. The molecule has 0 saturated heterocycles. The van der Waals surface area contributed by atoms with Crippen LogP contribution in [0, 0.1) is 0 Å². The minimum atomic E-state index is -4.36. The van der Waals surface area contributed by atoms with E-state index in [-0.39, 0.29) is 0 Å². The summed E-state index contributed by atoms with van der Waals surface area (Å²) in [5, 5.41) is 3.46. The summed E-state index contributed by atoms with van der Waals surface area (Å²) in [6.45, 7) is 0. The molecule has 3 rings (SSSR count). The number of hydrogen-bond acceptors (Lipinski definition) is 4. The second kappa shape index (κ2) is 5.54. The van der Waals surface area contributed by atoms with Crippen molar-refractivity contribution in [2.24, 2.45) is 5.73 Å². The molecular weight excluding hydrogens is 327 g/mol. The van der Waals surface area contributed by atoms with Crippen molar-refractivity contribution in [2.45, 2.75) is 6.18 Å². The number of carbonyl (C=O) groups is 1. The normalized spacial score (nSPS) is 11.6. The zero-order chi connectivity index (χ0) is 16.6. The number of anilines is 2. The Morgan fingerprint density at radius 3 is 2.43 bits per heavy atom. The molecule has 3 aromatic rings. The van der Waals surface area contributed by atoms with E-state index in [1.165, 1.54) is 23.5 Å². The van der Waals surface area contributed by atoms with Crippen LogP contribution in [0.25, 0.3) is 10.2 Å². The minimum absolute atomic E-state index is 0.377. The van der Waals surface area contributed by atoms with Gasteiger partial charge in [0, 0.05) is 11.3 Å². The molecule has 118 valence electrons. The highest BCUT2D eigenvalue weighted by Crippen LogP contribution is 2.32. The third-order valence-electron chi connectivity index (χ3n) is 3.14. The summed E-state index contributed by atoms with van der Waals surface area (Å²) in [7, 11) is 0. The number of hydrogen-bond donors (Lipinski definition) is 2. The number of nitrogens with two attached hydrogens (primary N) is 1. The van der Waals surface area contributed by atoms with Gasteiger partial charge in [-0.2, -0.15) is 13.2 Å². The van der Waals surface area contributed by atoms with E-state index < -0.39 is 17.6 Å². The third-order valence-corrected chi connectivity index (χ3v) is 4.07. The van der Waals surface area contributed by atoms with Gasteiger partial charge in [-0.3, -0.25) is 4.79 Å². The number of aromatic nitrogens is 1. The smallest absolute Gasteiger partial charge is 0.366 e. The SMILES string of the molecule is NC(=O)c1ccc2nc(Nc3ccc(C(F)(F)F)cc3)sc2c1. The lowest BCUT2D eigenvalue weighted by molar-refractivity contribution is -0.137. The molecule has 0 aliphatic carbocycles. The number of thiazole rings is 1. The lowest BCUT2D eigenvalue weighted by Crippen LogP contribution is -2.10. The number of benzene rings is 2. The van der Waals surface area contributed by atoms with Crippen LogP contribution in [0.2, 0.25) is 0 Å². The average molecular weight is 337 g/mol. The second-order valence-electron chi connectivity index (χ2n) is 4.77. The maximum absolute atomic E-state index is 12.5. The van der Waals surface area contributed by atoms with Gasteiger partial charge in [-0.15, -0.1) is 0 Å². The molecule has 0 spiro atoms. The maximum Gasteiger partial charge on any atom is 0.416 e. The number of carbonyl (C=O) groups excluding carboxylic acids is 1. The van der Waals surface area contributed by atoms with Crippen LogP contribution < -0.4 is 11.1 Å². The zero-order valence-electron chi connectivity index (χ0n) is 11.5. The number of alkyl halides is 3. The fourth-order valence-electron chi connectivity index (χ4n) is 2.00. The molecule has 0 unspecified atom stereocenters. The van der Waals surface area contributed by atoms with Crippen LogP contribution in [0.5, 0.6) is 0 Å². The van der Waals surface area contributed by atoms with Gasteiger partial charge in [0.15, 0.2) is 5.13 Å². The molecule has 8 heteroatoms. The molecular formula is C15H10F3N3OS. The van der Waals surface area contributed by atoms with Crippen LogP contribution in [0.4, 0.5) is 24.0 Å². The van der Waals surface area contributed by atoms with Crippen molar-refractivity contribution in [2.75, 3.05) is 5.32 Å². The van der Waals surface area contributed by atoms with Crippen molar-refractivity contribution in [3.63, 3.8) is 0 Å². The quantitative estimate of drug-likeness (QED) is 0.754. The van der Waals surface area contributed by atoms with Crippen LogP contribution in [-0.2, 0) is 6.18 Å². The number of rotatable bonds is 3. The number of amides is 1. The van der Waals surface area contributed by atoms with Crippen molar-refractivity contribution in [3.05, 3.63) is 53.6 Å². The highest BCUT2D eigenvalue weighted by atomic mass is 32.1. The summed E-state index contributed by atoms with van der Waals surface area (Å²) in [5.41, 5.74) is 6.06. The van der Waals surface area contributed by atoms with Gasteiger partial charge in [-0.1, -0.05) is 11.3 Å². The summed E-state index contributed by atoms with van der Waals surface area (Å²) < 4.78 is 38.3. The molecule has 0 aliphatic heterocycles. The number of nitrogens with zero attached hydrogens (tertiary/aromatic N) is 1. The largest absolute Gasteiger partial charge is 0.416 e. The summed E-state index contributed by atoms with van der Waals surface area (Å²) in [6, 6.07) is 9.55. The van der Waals surface area contributed by atoms with Gasteiger partial charge < -0.3 is 11.1 Å². The van der Waals surface area contributed by atoms with Gasteiger partial charge >= 0.3 is 6.18 Å². The van der Waals surface area contributed by atoms with Gasteiger partial charge in [-0.05, 0) is 42.5 Å². The molecule has 0 fully saturated rings. The number of halogens is 3. The Morgan fingerprint density at radius 1 is 1.13 bits per heavy atom. The van der Waals surface area contributed by atoms with Crippen LogP contribution in [0.3, 0.4) is 0 Å². The lowest BCUT2D eigenvalue weighted by Gasteiger charge is -2.07. The standard InChI is InChI=1S/C15H10F3N3OS/c16-15(17,18)9-2-4-10(5-3-9)20-14-21-11-6-1-8(13(19)22)7-12(11)23-14/h1-7H,(H2,19,22)(H,20,21). The summed E-state index contributed by atoms with van der Waals surface area (Å²) >= 11 is 1.28. The Balaban J connectivity index is 1.85. The Labute approximate surface area is 132 Å². The van der Waals surface area contributed by atoms with E-state index in [1.54, 1.807) is 18.2 Å². The van der Waals surface area contributed by atoms with E-state index in [0.717, 1.165) is 16.8 Å². The van der Waals surface area contributed by atoms with E-state index in [1.807, 2.05) is 0 Å². The summed E-state index contributed by atoms with van der Waals surface area (Å²) in [4.78, 5) is 15.5. The maximum atomic E-state index is 12.5. The molecule has 0 atom stereocenters. The van der Waals surface area contributed by atoms with Gasteiger partial charge in [0.05, 0.1) is 15.8 Å². The Kier molecular flexibility index (Phi) is 3.69. The monoisotopic (exact) mass is 337 g/mol. The minimum Gasteiger partial charge on any atom is -0.366 e. The Bertz CT molecular complexity index is 872. The first-order valence-corrected chi connectivity index (χ1v) is 7.29. The zero-order valence-corrected chi connectivity index (χ0v) is 12.3. The topological polar surface area (TPSA) is 68.0 Å². The molecule has 3 N–H and O–H groups in total. The molecule has 23 heavy (non-hydrogen) atoms. The molecule has 0 radical (unpaired) electrons. The van der Waals surface area contributed by atoms with Gasteiger partial charge in [0.1, 0.15) is 0 Å². The molecule has 0 saturated carbocycles. The van der Waals surface area contributed by atoms with Crippen molar-refractivity contribution >= 4 is 38.3 Å². The highest BCUT2D eigenvalue weighted by Gasteiger charge is 2.29. The van der Waals surface area contributed by atoms with E-state index >= 15 is 0 Å². The number of nitrogens with one attached hydrogen (secondary N) is 1. The molecule has 4 nitrogen and oxygen atoms in total. The summed E-state index contributed by atoms with van der Waals surface area (Å²) in [5.74, 6) is -0.530. The van der Waals surface area contributed by atoms with Gasteiger partial charge in [0.2, 0.25) is 5.91 Å². The van der Waals surface area contributed by atoms with Crippen molar-refractivity contribution < 1.29 is 18.0 Å². The predicted octanol–water partition coefficient (Wildman–Crippen LogP) is 4.16. The van der Waals surface area contributed by atoms with Crippen LogP contribution in [0.15, 0.2) is 42.5 Å². The highest BCUT2D eigenvalue weighted by molar-refractivity contribution is 7.22. The van der Waals surface area contributed by atoms with Crippen molar-refractivity contribution in [1.29, 1.82) is 0 Å². The number of primary amides is 1. The van der Waals surface area contributed by atoms with E-state index in [4.69, 9.17) is 5.73 Å². The average Bonchev–Trinajstić information content (AvgIpc) is 2.87. The Morgan fingerprint density at radius 2 is 1.83 bits per heavy atom. The lowest BCUT2D eigenvalue weighted by atomic mass is 10.2. The van der Waals surface area contributed by atoms with E-state index in [0.29, 0.717) is 21.9 Å². The van der Waals surface area contributed by atoms with Crippen molar-refractivity contribution in [1.82, 2.24) is 4.98 Å². The molecule has 2 aromatic carbocycles. The van der Waals surface area contributed by atoms with Crippen molar-refractivity contribution in [3.8, 4) is 0 Å². The van der Waals surface area contributed by atoms with Crippen LogP contribution in [0.1, 0.15) is 15.9 Å². The molecule has 1 amide bonds. The molecule has 1 aromatic heterocycles. The van der Waals surface area contributed by atoms with Crippen LogP contribution >= 0.6 is 11.3 Å². The van der Waals surface area contributed by atoms with Gasteiger partial charge in [-0.25, -0.2) is 4.98 Å². The first-order valence-electron chi connectivity index (χ1n) is 6.47. The third kappa shape index (κ3) is 3.26.